The van der Waals surface area contributed by atoms with Crippen molar-refractivity contribution >= 4 is 11.3 Å². The van der Waals surface area contributed by atoms with Crippen LogP contribution < -0.4 is 16.0 Å². The van der Waals surface area contributed by atoms with E-state index >= 15 is 0 Å². The van der Waals surface area contributed by atoms with Gasteiger partial charge in [-0.15, -0.1) is 0 Å². The number of hydrogen-bond donors (Lipinski definition) is 2. The number of nitrogens with zero attached hydrogens (tertiary/aromatic N) is 1. The van der Waals surface area contributed by atoms with Crippen LogP contribution in [0.5, 0.6) is 0 Å². The Morgan fingerprint density at radius 1 is 1.11 bits per heavy atom. The summed E-state index contributed by atoms with van der Waals surface area (Å²) in [6.07, 6.45) is 8.47. The van der Waals surface area contributed by atoms with Gasteiger partial charge in [-0.25, -0.2) is 0 Å². The Balaban J connectivity index is 1.82. The molecule has 0 aromatic heterocycles. The van der Waals surface area contributed by atoms with Gasteiger partial charge < -0.3 is 16.0 Å². The van der Waals surface area contributed by atoms with E-state index in [-0.39, 0.29) is 6.17 Å². The molecular formula is C15H19N3. The van der Waals surface area contributed by atoms with Gasteiger partial charge in [0.05, 0.1) is 0 Å². The van der Waals surface area contributed by atoms with Crippen molar-refractivity contribution in [2.75, 3.05) is 18.0 Å². The van der Waals surface area contributed by atoms with Crippen LogP contribution in [0.15, 0.2) is 42.6 Å². The first-order valence-electron chi connectivity index (χ1n) is 6.58. The van der Waals surface area contributed by atoms with Gasteiger partial charge in [-0.05, 0) is 48.4 Å². The van der Waals surface area contributed by atoms with Gasteiger partial charge in [0.25, 0.3) is 0 Å². The normalized spacial score (nSPS) is 22.8. The Morgan fingerprint density at radius 2 is 1.83 bits per heavy atom. The van der Waals surface area contributed by atoms with Crippen LogP contribution in [0.2, 0.25) is 0 Å². The molecule has 1 aromatic rings. The van der Waals surface area contributed by atoms with E-state index in [0.717, 1.165) is 5.57 Å². The Morgan fingerprint density at radius 3 is 2.50 bits per heavy atom. The molecule has 3 heteroatoms. The fraction of sp³-hybridized carbons (Fsp3) is 0.333. The summed E-state index contributed by atoms with van der Waals surface area (Å²) in [6.45, 7) is 2.37. The lowest BCUT2D eigenvalue weighted by atomic mass is 10.0. The van der Waals surface area contributed by atoms with Crippen molar-refractivity contribution < 1.29 is 0 Å². The van der Waals surface area contributed by atoms with E-state index in [0.29, 0.717) is 0 Å². The zero-order chi connectivity index (χ0) is 12.4. The van der Waals surface area contributed by atoms with Crippen LogP contribution in [0.1, 0.15) is 18.4 Å². The summed E-state index contributed by atoms with van der Waals surface area (Å²) in [5, 5.41) is 3.12. The molecule has 1 unspecified atom stereocenters. The van der Waals surface area contributed by atoms with Crippen LogP contribution in [0.3, 0.4) is 0 Å². The SMILES string of the molecule is NC1NC=CC=C1c1ccc(N2CCCC2)cc1. The maximum Gasteiger partial charge on any atom is 0.101 e. The molecule has 3 rings (SSSR count). The number of anilines is 1. The molecule has 18 heavy (non-hydrogen) atoms. The molecule has 0 spiro atoms. The Hall–Kier alpha value is -1.74. The predicted octanol–water partition coefficient (Wildman–Crippen LogP) is 2.07. The van der Waals surface area contributed by atoms with Crippen molar-refractivity contribution in [3.8, 4) is 0 Å². The van der Waals surface area contributed by atoms with Gasteiger partial charge in [0.2, 0.25) is 0 Å². The molecule has 2 aliphatic rings. The number of benzene rings is 1. The van der Waals surface area contributed by atoms with E-state index in [2.05, 4.69) is 40.6 Å². The van der Waals surface area contributed by atoms with Gasteiger partial charge in [-0.3, -0.25) is 0 Å². The summed E-state index contributed by atoms with van der Waals surface area (Å²) in [6, 6.07) is 8.74. The van der Waals surface area contributed by atoms with E-state index in [1.54, 1.807) is 0 Å². The molecular weight excluding hydrogens is 222 g/mol. The standard InChI is InChI=1S/C15H19N3/c16-15-14(4-3-9-17-15)12-5-7-13(8-6-12)18-10-1-2-11-18/h3-9,15,17H,1-2,10-11,16H2. The second-order valence-electron chi connectivity index (χ2n) is 4.87. The molecule has 0 amide bonds. The third-order valence-electron chi connectivity index (χ3n) is 3.65. The zero-order valence-corrected chi connectivity index (χ0v) is 10.5. The second kappa shape index (κ2) is 4.86. The number of allylic oxidation sites excluding steroid dienone is 2. The van der Waals surface area contributed by atoms with Crippen molar-refractivity contribution in [1.82, 2.24) is 5.32 Å². The molecule has 3 N–H and O–H groups in total. The minimum absolute atomic E-state index is 0.104. The smallest absolute Gasteiger partial charge is 0.101 e. The van der Waals surface area contributed by atoms with Gasteiger partial charge in [0, 0.05) is 18.8 Å². The lowest BCUT2D eigenvalue weighted by Crippen LogP contribution is -2.36. The van der Waals surface area contributed by atoms with Gasteiger partial charge >= 0.3 is 0 Å². The minimum Gasteiger partial charge on any atom is -0.372 e. The average molecular weight is 241 g/mol. The van der Waals surface area contributed by atoms with Crippen LogP contribution in [0.25, 0.3) is 5.57 Å². The first-order chi connectivity index (χ1) is 8.84. The van der Waals surface area contributed by atoms with Crippen molar-refractivity contribution in [3.05, 3.63) is 48.2 Å². The largest absolute Gasteiger partial charge is 0.372 e. The van der Waals surface area contributed by atoms with E-state index in [9.17, 15) is 0 Å². The van der Waals surface area contributed by atoms with E-state index in [4.69, 9.17) is 5.73 Å². The third kappa shape index (κ3) is 2.14. The first kappa shape index (κ1) is 11.4. The molecule has 0 aliphatic carbocycles. The molecule has 0 saturated carbocycles. The molecule has 2 heterocycles. The molecule has 1 fully saturated rings. The van der Waals surface area contributed by atoms with E-state index in [1.165, 1.54) is 37.2 Å². The third-order valence-corrected chi connectivity index (χ3v) is 3.65. The molecule has 0 bridgehead atoms. The van der Waals surface area contributed by atoms with Crippen molar-refractivity contribution in [1.29, 1.82) is 0 Å². The number of hydrogen-bond acceptors (Lipinski definition) is 3. The van der Waals surface area contributed by atoms with E-state index in [1.807, 2.05) is 12.3 Å². The van der Waals surface area contributed by atoms with Crippen molar-refractivity contribution in [2.45, 2.75) is 19.0 Å². The van der Waals surface area contributed by atoms with Gasteiger partial charge in [-0.1, -0.05) is 18.2 Å². The molecule has 2 aliphatic heterocycles. The van der Waals surface area contributed by atoms with Crippen molar-refractivity contribution in [2.24, 2.45) is 5.73 Å². The fourth-order valence-electron chi connectivity index (χ4n) is 2.62. The molecule has 1 atom stereocenters. The lowest BCUT2D eigenvalue weighted by molar-refractivity contribution is 0.745. The predicted molar refractivity (Wildman–Crippen MR) is 76.1 cm³/mol. The number of rotatable bonds is 2. The highest BCUT2D eigenvalue weighted by atomic mass is 15.1. The molecule has 0 radical (unpaired) electrons. The Labute approximate surface area is 108 Å². The highest BCUT2D eigenvalue weighted by Crippen LogP contribution is 2.24. The Bertz CT molecular complexity index is 467. The van der Waals surface area contributed by atoms with Gasteiger partial charge in [-0.2, -0.15) is 0 Å². The summed E-state index contributed by atoms with van der Waals surface area (Å²) in [5.74, 6) is 0. The monoisotopic (exact) mass is 241 g/mol. The van der Waals surface area contributed by atoms with Crippen LogP contribution in [-0.2, 0) is 0 Å². The summed E-state index contributed by atoms with van der Waals surface area (Å²) in [5.41, 5.74) is 9.69. The van der Waals surface area contributed by atoms with Crippen LogP contribution in [0.4, 0.5) is 5.69 Å². The lowest BCUT2D eigenvalue weighted by Gasteiger charge is -2.21. The molecule has 1 saturated heterocycles. The summed E-state index contributed by atoms with van der Waals surface area (Å²) in [4.78, 5) is 2.44. The van der Waals surface area contributed by atoms with Crippen molar-refractivity contribution in [3.63, 3.8) is 0 Å². The number of dihydropyridines is 1. The highest BCUT2D eigenvalue weighted by molar-refractivity contribution is 5.72. The molecule has 1 aromatic carbocycles. The summed E-state index contributed by atoms with van der Waals surface area (Å²) >= 11 is 0. The van der Waals surface area contributed by atoms with Gasteiger partial charge in [0.15, 0.2) is 0 Å². The number of nitrogens with one attached hydrogen (secondary N) is 1. The summed E-state index contributed by atoms with van der Waals surface area (Å²) < 4.78 is 0. The average Bonchev–Trinajstić information content (AvgIpc) is 2.94. The molecule has 3 nitrogen and oxygen atoms in total. The van der Waals surface area contributed by atoms with Crippen LogP contribution >= 0.6 is 0 Å². The van der Waals surface area contributed by atoms with E-state index < -0.39 is 0 Å². The minimum atomic E-state index is -0.104. The molecule has 94 valence electrons. The fourth-order valence-corrected chi connectivity index (χ4v) is 2.62. The maximum atomic E-state index is 6.03. The van der Waals surface area contributed by atoms with Crippen LogP contribution in [-0.4, -0.2) is 19.3 Å². The summed E-state index contributed by atoms with van der Waals surface area (Å²) in [7, 11) is 0. The quantitative estimate of drug-likeness (QED) is 0.833. The second-order valence-corrected chi connectivity index (χ2v) is 4.87. The highest BCUT2D eigenvalue weighted by Gasteiger charge is 2.14. The van der Waals surface area contributed by atoms with Crippen LogP contribution in [0, 0.1) is 0 Å². The zero-order valence-electron chi connectivity index (χ0n) is 10.5. The Kier molecular flexibility index (Phi) is 3.07. The topological polar surface area (TPSA) is 41.3 Å². The number of nitrogens with two attached hydrogens (primary N) is 1. The first-order valence-corrected chi connectivity index (χ1v) is 6.58. The maximum absolute atomic E-state index is 6.03. The van der Waals surface area contributed by atoms with Gasteiger partial charge in [0.1, 0.15) is 6.17 Å².